The number of aromatic nitrogens is 3. The summed E-state index contributed by atoms with van der Waals surface area (Å²) in [6.07, 6.45) is 2.09. The Bertz CT molecular complexity index is 2210. The van der Waals surface area contributed by atoms with Crippen LogP contribution in [-0.4, -0.2) is 14.3 Å². The van der Waals surface area contributed by atoms with Crippen LogP contribution >= 0.6 is 7.14 Å². The van der Waals surface area contributed by atoms with E-state index in [4.69, 9.17) is 5.10 Å². The third-order valence-corrected chi connectivity index (χ3v) is 11.1. The second-order valence-corrected chi connectivity index (χ2v) is 13.2. The molecule has 0 radical (unpaired) electrons. The molecule has 0 unspecified atom stereocenters. The van der Waals surface area contributed by atoms with E-state index in [1.807, 2.05) is 95.7 Å². The predicted molar refractivity (Wildman–Crippen MR) is 175 cm³/mol. The Balaban J connectivity index is 1.35. The van der Waals surface area contributed by atoms with Gasteiger partial charge in [-0.1, -0.05) is 109 Å². The first-order chi connectivity index (χ1) is 20.7. The Kier molecular flexibility index (Phi) is 5.70. The summed E-state index contributed by atoms with van der Waals surface area (Å²) in [7, 11) is -3.06. The van der Waals surface area contributed by atoms with Gasteiger partial charge in [0.15, 0.2) is 7.14 Å². The summed E-state index contributed by atoms with van der Waals surface area (Å²) in [5, 5.41) is 10.9. The molecule has 0 aliphatic carbocycles. The minimum atomic E-state index is -3.06. The van der Waals surface area contributed by atoms with Gasteiger partial charge in [-0.2, -0.15) is 5.10 Å². The SMILES string of the molecule is O=P(c1ccccc1)(c1ccccc1)c1ccc(-n2c3ccccc3c3ccc4cn(-c5ccccc5)nc4c32)cc1. The van der Waals surface area contributed by atoms with Crippen molar-refractivity contribution in [1.29, 1.82) is 0 Å². The topological polar surface area (TPSA) is 39.8 Å². The maximum Gasteiger partial charge on any atom is 0.171 e. The lowest BCUT2D eigenvalue weighted by Gasteiger charge is -2.20. The van der Waals surface area contributed by atoms with Gasteiger partial charge in [-0.25, -0.2) is 4.68 Å². The van der Waals surface area contributed by atoms with Gasteiger partial charge in [-0.3, -0.25) is 0 Å². The highest BCUT2D eigenvalue weighted by atomic mass is 31.2. The maximum atomic E-state index is 14.9. The highest BCUT2D eigenvalue weighted by Gasteiger charge is 2.29. The lowest BCUT2D eigenvalue weighted by Crippen LogP contribution is -2.24. The Hall–Kier alpha value is -5.18. The zero-order chi connectivity index (χ0) is 28.1. The molecule has 0 saturated carbocycles. The van der Waals surface area contributed by atoms with Crippen LogP contribution in [0, 0.1) is 0 Å². The van der Waals surface area contributed by atoms with Crippen LogP contribution in [-0.2, 0) is 4.57 Å². The third-order valence-electron chi connectivity index (χ3n) is 8.04. The molecule has 0 saturated heterocycles. The van der Waals surface area contributed by atoms with E-state index in [2.05, 4.69) is 71.4 Å². The fourth-order valence-electron chi connectivity index (χ4n) is 6.05. The van der Waals surface area contributed by atoms with Gasteiger partial charge in [0.05, 0.1) is 16.7 Å². The second kappa shape index (κ2) is 9.73. The van der Waals surface area contributed by atoms with E-state index >= 15 is 0 Å². The largest absolute Gasteiger partial charge is 0.309 e. The van der Waals surface area contributed by atoms with Crippen LogP contribution < -0.4 is 15.9 Å². The van der Waals surface area contributed by atoms with Crippen LogP contribution in [0.3, 0.4) is 0 Å². The summed E-state index contributed by atoms with van der Waals surface area (Å²) in [6.45, 7) is 0. The minimum Gasteiger partial charge on any atom is -0.309 e. The standard InChI is InChI=1S/C37H26N3OP/c41-42(30-14-6-2-7-15-30,31-16-8-3-9-17-31)32-23-21-29(22-24-32)40-35-19-11-10-18-33(35)34-25-20-27-26-39(38-36(27)37(34)40)28-12-4-1-5-13-28/h1-26H. The van der Waals surface area contributed by atoms with Gasteiger partial charge in [0.25, 0.3) is 0 Å². The molecule has 0 aliphatic rings. The Morgan fingerprint density at radius 2 is 1.07 bits per heavy atom. The molecule has 5 heteroatoms. The smallest absolute Gasteiger partial charge is 0.171 e. The van der Waals surface area contributed by atoms with Crippen molar-refractivity contribution >= 4 is 55.8 Å². The lowest BCUT2D eigenvalue weighted by atomic mass is 10.1. The Morgan fingerprint density at radius 3 is 1.74 bits per heavy atom. The zero-order valence-corrected chi connectivity index (χ0v) is 23.6. The zero-order valence-electron chi connectivity index (χ0n) is 22.7. The predicted octanol–water partition coefficient (Wildman–Crippen LogP) is 7.76. The molecular formula is C37H26N3OP. The maximum absolute atomic E-state index is 14.9. The van der Waals surface area contributed by atoms with Crippen LogP contribution in [0.4, 0.5) is 0 Å². The summed E-state index contributed by atoms with van der Waals surface area (Å²) >= 11 is 0. The van der Waals surface area contributed by atoms with E-state index < -0.39 is 7.14 Å². The van der Waals surface area contributed by atoms with Crippen LogP contribution in [0.5, 0.6) is 0 Å². The monoisotopic (exact) mass is 559 g/mol. The van der Waals surface area contributed by atoms with Gasteiger partial charge < -0.3 is 9.13 Å². The van der Waals surface area contributed by atoms with Crippen molar-refractivity contribution in [1.82, 2.24) is 14.3 Å². The molecule has 2 aromatic heterocycles. The van der Waals surface area contributed by atoms with E-state index in [9.17, 15) is 4.57 Å². The van der Waals surface area contributed by atoms with Crippen molar-refractivity contribution in [3.05, 3.63) is 158 Å². The molecule has 4 nitrogen and oxygen atoms in total. The first-order valence-corrected chi connectivity index (χ1v) is 15.7. The van der Waals surface area contributed by atoms with E-state index in [1.165, 1.54) is 5.39 Å². The van der Waals surface area contributed by atoms with Gasteiger partial charge in [0.1, 0.15) is 5.52 Å². The van der Waals surface area contributed by atoms with Crippen molar-refractivity contribution in [2.45, 2.75) is 0 Å². The molecule has 0 aliphatic heterocycles. The van der Waals surface area contributed by atoms with Crippen molar-refractivity contribution < 1.29 is 4.57 Å². The molecule has 8 aromatic rings. The fourth-order valence-corrected chi connectivity index (χ4v) is 8.70. The molecule has 6 aromatic carbocycles. The van der Waals surface area contributed by atoms with E-state index in [-0.39, 0.29) is 0 Å². The quantitative estimate of drug-likeness (QED) is 0.202. The molecule has 0 N–H and O–H groups in total. The fraction of sp³-hybridized carbons (Fsp3) is 0. The van der Waals surface area contributed by atoms with Gasteiger partial charge in [0, 0.05) is 44.0 Å². The second-order valence-electron chi connectivity index (χ2n) is 10.5. The van der Waals surface area contributed by atoms with E-state index in [0.717, 1.165) is 54.6 Å². The van der Waals surface area contributed by atoms with E-state index in [1.54, 1.807) is 0 Å². The van der Waals surface area contributed by atoms with E-state index in [0.29, 0.717) is 0 Å². The van der Waals surface area contributed by atoms with Crippen molar-refractivity contribution in [3.63, 3.8) is 0 Å². The average Bonchev–Trinajstić information content (AvgIpc) is 3.65. The molecular weight excluding hydrogens is 533 g/mol. The Morgan fingerprint density at radius 1 is 0.500 bits per heavy atom. The number of hydrogen-bond donors (Lipinski definition) is 0. The van der Waals surface area contributed by atoms with Crippen LogP contribution in [0.1, 0.15) is 0 Å². The van der Waals surface area contributed by atoms with Gasteiger partial charge in [-0.05, 0) is 42.5 Å². The molecule has 8 rings (SSSR count). The number of rotatable bonds is 5. The number of fused-ring (bicyclic) bond motifs is 5. The molecule has 0 atom stereocenters. The van der Waals surface area contributed by atoms with Gasteiger partial charge in [0.2, 0.25) is 0 Å². The van der Waals surface area contributed by atoms with Crippen molar-refractivity contribution in [2.24, 2.45) is 0 Å². The number of benzene rings is 6. The first kappa shape index (κ1) is 24.6. The summed E-state index contributed by atoms with van der Waals surface area (Å²) in [5.41, 5.74) is 5.13. The molecule has 0 fully saturated rings. The third kappa shape index (κ3) is 3.77. The molecule has 0 bridgehead atoms. The average molecular weight is 560 g/mol. The summed E-state index contributed by atoms with van der Waals surface area (Å²) < 4.78 is 19.2. The normalized spacial score (nSPS) is 11.9. The summed E-state index contributed by atoms with van der Waals surface area (Å²) in [6, 6.07) is 50.9. The molecule has 200 valence electrons. The Labute approximate surface area is 243 Å². The summed E-state index contributed by atoms with van der Waals surface area (Å²) in [5.74, 6) is 0. The van der Waals surface area contributed by atoms with Gasteiger partial charge in [-0.15, -0.1) is 0 Å². The molecule has 42 heavy (non-hydrogen) atoms. The number of nitrogens with zero attached hydrogens (tertiary/aromatic N) is 3. The van der Waals surface area contributed by atoms with Crippen LogP contribution in [0.25, 0.3) is 44.1 Å². The van der Waals surface area contributed by atoms with Crippen LogP contribution in [0.15, 0.2) is 158 Å². The first-order valence-electron chi connectivity index (χ1n) is 14.0. The number of hydrogen-bond acceptors (Lipinski definition) is 2. The highest BCUT2D eigenvalue weighted by Crippen LogP contribution is 2.43. The minimum absolute atomic E-state index is 0.808. The summed E-state index contributed by atoms with van der Waals surface area (Å²) in [4.78, 5) is 0. The van der Waals surface area contributed by atoms with Crippen LogP contribution in [0.2, 0.25) is 0 Å². The molecule has 0 spiro atoms. The van der Waals surface area contributed by atoms with Crippen molar-refractivity contribution in [3.8, 4) is 11.4 Å². The van der Waals surface area contributed by atoms with Crippen molar-refractivity contribution in [2.75, 3.05) is 0 Å². The van der Waals surface area contributed by atoms with Gasteiger partial charge >= 0.3 is 0 Å². The lowest BCUT2D eigenvalue weighted by molar-refractivity contribution is 0.592. The molecule has 2 heterocycles. The molecule has 0 amide bonds. The number of para-hydroxylation sites is 2. The highest BCUT2D eigenvalue weighted by molar-refractivity contribution is 7.85.